The van der Waals surface area contributed by atoms with Crippen LogP contribution in [0.1, 0.15) is 133 Å². The number of fused-ring (bicyclic) bond motifs is 6. The lowest BCUT2D eigenvalue weighted by Gasteiger charge is -2.27. The normalized spacial score (nSPS) is 17.9. The molecule has 0 aliphatic heterocycles. The topological polar surface area (TPSA) is 30.2 Å². The molecule has 3 nitrogen and oxygen atoms in total. The number of para-hydroxylation sites is 1. The number of unbranched alkanes of at least 4 members (excludes halogenated alkanes) is 1. The number of hydrogen-bond acceptors (Lipinski definition) is 2. The molecule has 1 aliphatic carbocycles. The predicted octanol–water partition coefficient (Wildman–Crippen LogP) is 10.5. The van der Waals surface area contributed by atoms with Gasteiger partial charge in [0.15, 0.2) is 0 Å². The molecule has 0 saturated heterocycles. The molecule has 2 aromatic heterocycles. The maximum Gasteiger partial charge on any atom is 0.148 e. The van der Waals surface area contributed by atoms with Gasteiger partial charge < -0.3 is 0 Å². The van der Waals surface area contributed by atoms with E-state index in [0.717, 1.165) is 27.9 Å². The molecule has 0 bridgehead atoms. The third-order valence-corrected chi connectivity index (χ3v) is 7.34. The van der Waals surface area contributed by atoms with Crippen molar-refractivity contribution >= 4 is 27.6 Å². The maximum absolute atomic E-state index is 5.21. The number of hydrogen-bond donors (Lipinski definition) is 0. The van der Waals surface area contributed by atoms with Crippen LogP contribution in [0.15, 0.2) is 36.4 Å². The minimum atomic E-state index is -0.0833. The van der Waals surface area contributed by atoms with E-state index in [0.29, 0.717) is 0 Å². The number of imidazole rings is 1. The van der Waals surface area contributed by atoms with Gasteiger partial charge in [-0.1, -0.05) is 115 Å². The van der Waals surface area contributed by atoms with Crippen LogP contribution in [-0.2, 0) is 16.2 Å². The predicted molar refractivity (Wildman–Crippen MR) is 165 cm³/mol. The summed E-state index contributed by atoms with van der Waals surface area (Å²) in [6, 6.07) is 13.3. The molecule has 0 amide bonds. The molecule has 0 N–H and O–H groups in total. The van der Waals surface area contributed by atoms with Gasteiger partial charge in [0.2, 0.25) is 0 Å². The fraction of sp³-hybridized carbons (Fsp3) is 0.588. The molecular weight excluding hydrogens is 450 g/mol. The van der Waals surface area contributed by atoms with Crippen molar-refractivity contribution in [3.05, 3.63) is 53.3 Å². The first-order valence-corrected chi connectivity index (χ1v) is 14.8. The SMILES string of the molecule is CC.CC.CC.CCCCC1(C)CC(C)(C)c2cc3c(cc21)nc1c2ccccc2nc(C(C)(C)C)n31. The van der Waals surface area contributed by atoms with Crippen LogP contribution >= 0.6 is 0 Å². The molecule has 5 rings (SSSR count). The average Bonchev–Trinajstić information content (AvgIpc) is 3.36. The second-order valence-electron chi connectivity index (χ2n) is 11.6. The zero-order chi connectivity index (χ0) is 28.2. The van der Waals surface area contributed by atoms with Crippen molar-refractivity contribution < 1.29 is 0 Å². The Balaban J connectivity index is 0.000000750. The van der Waals surface area contributed by atoms with Gasteiger partial charge in [-0.15, -0.1) is 0 Å². The van der Waals surface area contributed by atoms with Crippen LogP contribution < -0.4 is 0 Å². The summed E-state index contributed by atoms with van der Waals surface area (Å²) < 4.78 is 2.33. The highest BCUT2D eigenvalue weighted by Gasteiger charge is 2.44. The standard InChI is InChI=1S/C28H35N3.3C2H6/c1-8-9-14-28(7)17-27(5,6)19-16-23-22(15-20(19)28)29-24-18-12-10-11-13-21(18)30-25(31(23)24)26(2,3)4;3*1-2/h10-13,15-16H,8-9,14,17H2,1-7H3;3*1-2H3. The van der Waals surface area contributed by atoms with Crippen molar-refractivity contribution in [3.63, 3.8) is 0 Å². The van der Waals surface area contributed by atoms with E-state index in [-0.39, 0.29) is 16.2 Å². The van der Waals surface area contributed by atoms with E-state index >= 15 is 0 Å². The van der Waals surface area contributed by atoms with Gasteiger partial charge in [0.05, 0.1) is 16.6 Å². The summed E-state index contributed by atoms with van der Waals surface area (Å²) in [5.41, 5.74) is 7.67. The first-order valence-electron chi connectivity index (χ1n) is 14.8. The van der Waals surface area contributed by atoms with Crippen LogP contribution in [0.25, 0.3) is 27.6 Å². The second kappa shape index (κ2) is 12.0. The number of aromatic nitrogens is 3. The molecule has 0 radical (unpaired) electrons. The summed E-state index contributed by atoms with van der Waals surface area (Å²) in [6.45, 7) is 28.3. The minimum absolute atomic E-state index is 0.0833. The first-order chi connectivity index (χ1) is 17.5. The maximum atomic E-state index is 5.21. The Bertz CT molecular complexity index is 1320. The number of benzene rings is 2. The Morgan fingerprint density at radius 1 is 0.838 bits per heavy atom. The largest absolute Gasteiger partial charge is 0.279 e. The highest BCUT2D eigenvalue weighted by atomic mass is 15.1. The van der Waals surface area contributed by atoms with Crippen molar-refractivity contribution in [3.8, 4) is 0 Å². The van der Waals surface area contributed by atoms with Gasteiger partial charge in [-0.05, 0) is 59.1 Å². The van der Waals surface area contributed by atoms with Crippen molar-refractivity contribution in [1.82, 2.24) is 14.4 Å². The second-order valence-corrected chi connectivity index (χ2v) is 11.6. The lowest BCUT2D eigenvalue weighted by molar-refractivity contribution is 0.347. The van der Waals surface area contributed by atoms with Crippen LogP contribution in [0.2, 0.25) is 0 Å². The van der Waals surface area contributed by atoms with Gasteiger partial charge in [0, 0.05) is 10.8 Å². The molecule has 2 aromatic carbocycles. The quantitative estimate of drug-likeness (QED) is 0.278. The van der Waals surface area contributed by atoms with E-state index in [4.69, 9.17) is 9.97 Å². The molecule has 1 unspecified atom stereocenters. The molecule has 1 aliphatic rings. The Hall–Kier alpha value is -2.42. The van der Waals surface area contributed by atoms with E-state index in [2.05, 4.69) is 89.3 Å². The van der Waals surface area contributed by atoms with Gasteiger partial charge in [-0.3, -0.25) is 4.40 Å². The average molecular weight is 504 g/mol. The van der Waals surface area contributed by atoms with E-state index in [1.165, 1.54) is 42.3 Å². The lowest BCUT2D eigenvalue weighted by atomic mass is 9.77. The van der Waals surface area contributed by atoms with Crippen LogP contribution in [0.4, 0.5) is 0 Å². The molecule has 4 aromatic rings. The van der Waals surface area contributed by atoms with Crippen molar-refractivity contribution in [2.75, 3.05) is 0 Å². The first kappa shape index (κ1) is 30.8. The van der Waals surface area contributed by atoms with Gasteiger partial charge in [0.25, 0.3) is 0 Å². The summed E-state index contributed by atoms with van der Waals surface area (Å²) in [5.74, 6) is 1.08. The molecule has 2 heterocycles. The Morgan fingerprint density at radius 3 is 2.05 bits per heavy atom. The van der Waals surface area contributed by atoms with E-state index in [1.54, 1.807) is 0 Å². The van der Waals surface area contributed by atoms with Gasteiger partial charge in [-0.2, -0.15) is 0 Å². The Labute approximate surface area is 227 Å². The molecular formula is C34H53N3. The minimum Gasteiger partial charge on any atom is -0.279 e. The summed E-state index contributed by atoms with van der Waals surface area (Å²) in [7, 11) is 0. The van der Waals surface area contributed by atoms with Gasteiger partial charge >= 0.3 is 0 Å². The van der Waals surface area contributed by atoms with Crippen LogP contribution in [0.5, 0.6) is 0 Å². The number of nitrogens with zero attached hydrogens (tertiary/aromatic N) is 3. The van der Waals surface area contributed by atoms with Crippen molar-refractivity contribution in [1.29, 1.82) is 0 Å². The van der Waals surface area contributed by atoms with E-state index < -0.39 is 0 Å². The van der Waals surface area contributed by atoms with Crippen LogP contribution in [-0.4, -0.2) is 14.4 Å². The molecule has 3 heteroatoms. The highest BCUT2D eigenvalue weighted by Crippen LogP contribution is 2.53. The Morgan fingerprint density at radius 2 is 1.46 bits per heavy atom. The summed E-state index contributed by atoms with van der Waals surface area (Å²) in [5, 5.41) is 1.12. The summed E-state index contributed by atoms with van der Waals surface area (Å²) in [6.07, 6.45) is 4.97. The van der Waals surface area contributed by atoms with Crippen LogP contribution in [0, 0.1) is 0 Å². The van der Waals surface area contributed by atoms with E-state index in [9.17, 15) is 0 Å². The van der Waals surface area contributed by atoms with Crippen molar-refractivity contribution in [2.45, 2.75) is 132 Å². The Kier molecular flexibility index (Phi) is 9.96. The fourth-order valence-corrected chi connectivity index (χ4v) is 5.96. The lowest BCUT2D eigenvalue weighted by Crippen LogP contribution is -2.21. The third-order valence-electron chi connectivity index (χ3n) is 7.34. The van der Waals surface area contributed by atoms with Crippen LogP contribution in [0.3, 0.4) is 0 Å². The zero-order valence-electron chi connectivity index (χ0n) is 26.1. The van der Waals surface area contributed by atoms with Gasteiger partial charge in [0.1, 0.15) is 11.5 Å². The molecule has 37 heavy (non-hydrogen) atoms. The van der Waals surface area contributed by atoms with E-state index in [1.807, 2.05) is 41.5 Å². The fourth-order valence-electron chi connectivity index (χ4n) is 5.96. The molecule has 204 valence electrons. The van der Waals surface area contributed by atoms with Crippen molar-refractivity contribution in [2.24, 2.45) is 0 Å². The third kappa shape index (κ3) is 5.56. The summed E-state index contributed by atoms with van der Waals surface area (Å²) >= 11 is 0. The van der Waals surface area contributed by atoms with Gasteiger partial charge in [-0.25, -0.2) is 9.97 Å². The summed E-state index contributed by atoms with van der Waals surface area (Å²) in [4.78, 5) is 10.3. The zero-order valence-corrected chi connectivity index (χ0v) is 26.1. The smallest absolute Gasteiger partial charge is 0.148 e. The number of rotatable bonds is 3. The molecule has 1 atom stereocenters. The molecule has 0 saturated carbocycles. The highest BCUT2D eigenvalue weighted by molar-refractivity contribution is 5.97. The molecule has 0 fully saturated rings. The molecule has 0 spiro atoms. The monoisotopic (exact) mass is 503 g/mol.